The van der Waals surface area contributed by atoms with Gasteiger partial charge in [0.1, 0.15) is 45.4 Å². The van der Waals surface area contributed by atoms with E-state index in [1.165, 1.54) is 6.42 Å². The predicted molar refractivity (Wildman–Crippen MR) is 438 cm³/mol. The average Bonchev–Trinajstić information content (AvgIpc) is 0.813. The van der Waals surface area contributed by atoms with Crippen molar-refractivity contribution in [3.8, 4) is 0 Å². The zero-order valence-electron chi connectivity index (χ0n) is 76.3. The monoisotopic (exact) mass is 1450 g/mol. The van der Waals surface area contributed by atoms with Crippen LogP contribution in [0.1, 0.15) is 445 Å². The van der Waals surface area contributed by atoms with Gasteiger partial charge < -0.3 is 0 Å². The molecule has 0 nitrogen and oxygen atoms in total. The molecule has 0 aromatic heterocycles. The molecule has 3 rings (SSSR count). The molecule has 8 heteroatoms. The first-order valence-electron chi connectivity index (χ1n) is 42.2. The Morgan fingerprint density at radius 3 is 0.630 bits per heavy atom. The van der Waals surface area contributed by atoms with Crippen molar-refractivity contribution in [3.05, 3.63) is 0 Å². The van der Waals surface area contributed by atoms with E-state index >= 15 is 8.78 Å². The SMILES string of the molecule is CC(C)(C)C.CC(C)C(C(C)C)C(C)(F)C(C(C)C)C(C)C.CC(C)C(C(C)C)C(C)(F)C(C)C.CC1(C)CCC(C)(F)CC1.CC1(F)CCCC1.CC1(F)CCCCC1.CCC(C)(CC)C(C)(F)C(C)(CC)CC.CCC(C)(CC)C(C)(F)C(C)C.CCC(CC)C(C)(F)C(CC)CC. The molecule has 0 heterocycles. The van der Waals surface area contributed by atoms with Crippen molar-refractivity contribution in [1.82, 2.24) is 0 Å². The molecule has 0 aromatic rings. The van der Waals surface area contributed by atoms with E-state index in [1.54, 1.807) is 41.5 Å². The minimum atomic E-state index is -1.09. The highest BCUT2D eigenvalue weighted by molar-refractivity contribution is 5.03. The first-order valence-corrected chi connectivity index (χ1v) is 42.2. The highest BCUT2D eigenvalue weighted by Crippen LogP contribution is 2.55. The van der Waals surface area contributed by atoms with Crippen molar-refractivity contribution >= 4 is 0 Å². The highest BCUT2D eigenvalue weighted by atomic mass is 19.2. The Morgan fingerprint density at radius 1 is 0.280 bits per heavy atom. The molecule has 0 spiro atoms. The summed E-state index contributed by atoms with van der Waals surface area (Å²) in [6.07, 6.45) is 21.6. The third kappa shape index (κ3) is 39.5. The molecule has 0 saturated heterocycles. The maximum absolute atomic E-state index is 15.4. The minimum absolute atomic E-state index is 0.0994. The van der Waals surface area contributed by atoms with Crippen molar-refractivity contribution in [2.24, 2.45) is 104 Å². The van der Waals surface area contributed by atoms with Crippen LogP contribution in [-0.4, -0.2) is 45.4 Å². The molecule has 0 aromatic carbocycles. The van der Waals surface area contributed by atoms with Gasteiger partial charge >= 0.3 is 0 Å². The van der Waals surface area contributed by atoms with Gasteiger partial charge in [-0.2, -0.15) is 0 Å². The number of halogens is 8. The normalized spacial score (nSPS) is 18.5. The van der Waals surface area contributed by atoms with Crippen LogP contribution in [0, 0.1) is 104 Å². The summed E-state index contributed by atoms with van der Waals surface area (Å²) >= 11 is 0. The summed E-state index contributed by atoms with van der Waals surface area (Å²) in [6, 6.07) is 0. The van der Waals surface area contributed by atoms with Gasteiger partial charge in [-0.3, -0.25) is 0 Å². The summed E-state index contributed by atoms with van der Waals surface area (Å²) in [5.41, 5.74) is -7.38. The van der Waals surface area contributed by atoms with Crippen LogP contribution in [0.15, 0.2) is 0 Å². The van der Waals surface area contributed by atoms with E-state index in [0.717, 1.165) is 141 Å². The maximum Gasteiger partial charge on any atom is 0.118 e. The summed E-state index contributed by atoms with van der Waals surface area (Å²) in [6.45, 7) is 88.0. The van der Waals surface area contributed by atoms with Crippen molar-refractivity contribution in [3.63, 3.8) is 0 Å². The van der Waals surface area contributed by atoms with E-state index in [-0.39, 0.29) is 57.7 Å². The fraction of sp³-hybridized carbons (Fsp3) is 1.00. The Morgan fingerprint density at radius 2 is 0.490 bits per heavy atom. The molecule has 0 radical (unpaired) electrons. The minimum Gasteiger partial charge on any atom is -0.244 e. The lowest BCUT2D eigenvalue weighted by molar-refractivity contribution is -0.0946. The van der Waals surface area contributed by atoms with E-state index in [1.807, 2.05) is 48.5 Å². The van der Waals surface area contributed by atoms with Crippen LogP contribution < -0.4 is 0 Å². The highest BCUT2D eigenvalue weighted by Gasteiger charge is 2.54. The van der Waals surface area contributed by atoms with E-state index in [2.05, 4.69) is 208 Å². The summed E-state index contributed by atoms with van der Waals surface area (Å²) in [4.78, 5) is 0. The second kappa shape index (κ2) is 48.1. The second-order valence-electron chi connectivity index (χ2n) is 39.9. The lowest BCUT2D eigenvalue weighted by Crippen LogP contribution is -2.51. The van der Waals surface area contributed by atoms with Gasteiger partial charge in [-0.05, 0) is 233 Å². The van der Waals surface area contributed by atoms with Crippen molar-refractivity contribution in [1.29, 1.82) is 0 Å². The van der Waals surface area contributed by atoms with Crippen molar-refractivity contribution in [2.45, 2.75) is 491 Å². The third-order valence-corrected chi connectivity index (χ3v) is 26.4. The molecule has 3 aliphatic carbocycles. The molecule has 2 unspecified atom stereocenters. The quantitative estimate of drug-likeness (QED) is 0.0757. The van der Waals surface area contributed by atoms with E-state index in [4.69, 9.17) is 0 Å². The van der Waals surface area contributed by atoms with Crippen LogP contribution in [0.4, 0.5) is 35.1 Å². The van der Waals surface area contributed by atoms with E-state index in [0.29, 0.717) is 46.3 Å². The lowest BCUT2D eigenvalue weighted by Gasteiger charge is -2.51. The maximum atomic E-state index is 15.4. The fourth-order valence-corrected chi connectivity index (χ4v) is 17.4. The van der Waals surface area contributed by atoms with Crippen LogP contribution in [0.2, 0.25) is 0 Å². The van der Waals surface area contributed by atoms with Gasteiger partial charge in [0, 0.05) is 16.2 Å². The Bertz CT molecular complexity index is 1810. The Kier molecular flexibility index (Phi) is 53.1. The van der Waals surface area contributed by atoms with Crippen LogP contribution >= 0.6 is 0 Å². The Balaban J connectivity index is -0.000000252. The van der Waals surface area contributed by atoms with E-state index in [9.17, 15) is 26.3 Å². The first kappa shape index (κ1) is 110. The van der Waals surface area contributed by atoms with Gasteiger partial charge in [0.25, 0.3) is 0 Å². The number of hydrogen-bond acceptors (Lipinski definition) is 0. The molecule has 612 valence electrons. The largest absolute Gasteiger partial charge is 0.244 e. The van der Waals surface area contributed by atoms with Crippen LogP contribution in [0.25, 0.3) is 0 Å². The van der Waals surface area contributed by atoms with Gasteiger partial charge in [-0.15, -0.1) is 0 Å². The van der Waals surface area contributed by atoms with Crippen LogP contribution in [0.5, 0.6) is 0 Å². The molecule has 3 saturated carbocycles. The molecule has 0 N–H and O–H groups in total. The van der Waals surface area contributed by atoms with Gasteiger partial charge in [0.05, 0.1) is 0 Å². The lowest BCUT2D eigenvalue weighted by atomic mass is 9.57. The molecule has 2 atom stereocenters. The molecule has 100 heavy (non-hydrogen) atoms. The van der Waals surface area contributed by atoms with Crippen LogP contribution in [-0.2, 0) is 0 Å². The van der Waals surface area contributed by atoms with Gasteiger partial charge in [0.2, 0.25) is 0 Å². The standard InChI is InChI=1S/C16H33F.C14H29F.2C12H25F.C11H23F.C9H17F.C7H13F.C6H11F.C5H12/c1-10(2)14(11(3)4)16(9,17)15(12(5)6)13(7)8;1-8-12(5,9-2)14(7,15)13(6,10-3)11-4;1-8(2)11(9(3)4)12(7,13)10(5)6;1-6-10(7-2)12(5,13)11(8-3)9-4;1-7-10(5,8-2)11(6,12)9(3)4;1-8(2)4-6-9(3,10)7-5-8;1-7(8)5-3-2-4-6-7;1-6(7)4-2-3-5-6;1-5(2,3)4/h10-15H,1-9H3;8-11H2,1-7H3;8-11H,1-7H3;10-11H,6-9H2,1-5H3;9H,7-8H2,1-6H3;4-7H2,1-3H3;2-6H2,1H3;2-5H2,1H3;1-4H3. The molecule has 0 amide bonds. The average molecular weight is 1450 g/mol. The van der Waals surface area contributed by atoms with Gasteiger partial charge in [-0.25, -0.2) is 35.1 Å². The van der Waals surface area contributed by atoms with Gasteiger partial charge in [0.15, 0.2) is 0 Å². The zero-order chi connectivity index (χ0) is 81.3. The zero-order valence-corrected chi connectivity index (χ0v) is 76.3. The molecular formula is C92H188F8. The molecule has 3 fully saturated rings. The third-order valence-electron chi connectivity index (χ3n) is 26.4. The molecular weight excluding hydrogens is 1260 g/mol. The van der Waals surface area contributed by atoms with E-state index < -0.39 is 45.4 Å². The summed E-state index contributed by atoms with van der Waals surface area (Å²) in [5.74, 6) is 3.50. The summed E-state index contributed by atoms with van der Waals surface area (Å²) in [7, 11) is 0. The van der Waals surface area contributed by atoms with Crippen LogP contribution in [0.3, 0.4) is 0 Å². The molecule has 0 aliphatic heterocycles. The summed E-state index contributed by atoms with van der Waals surface area (Å²) in [5, 5.41) is 0. The number of hydrogen-bond donors (Lipinski definition) is 0. The first-order chi connectivity index (χ1) is 44.7. The summed E-state index contributed by atoms with van der Waals surface area (Å²) < 4.78 is 112. The number of alkyl halides is 8. The van der Waals surface area contributed by atoms with Crippen molar-refractivity contribution in [2.75, 3.05) is 0 Å². The number of rotatable bonds is 26. The molecule has 3 aliphatic rings. The van der Waals surface area contributed by atoms with Crippen molar-refractivity contribution < 1.29 is 35.1 Å². The smallest absolute Gasteiger partial charge is 0.118 e. The molecule has 0 bridgehead atoms. The van der Waals surface area contributed by atoms with Gasteiger partial charge in [-0.1, -0.05) is 300 Å². The Labute approximate surface area is 626 Å². The predicted octanol–water partition coefficient (Wildman–Crippen LogP) is 34.4. The topological polar surface area (TPSA) is 0 Å². The fourth-order valence-electron chi connectivity index (χ4n) is 17.4. The second-order valence-corrected chi connectivity index (χ2v) is 39.9. The Hall–Kier alpha value is -0.560.